The van der Waals surface area contributed by atoms with E-state index in [1.165, 1.54) is 23.8 Å². The lowest BCUT2D eigenvalue weighted by Gasteiger charge is -2.29. The maximum atomic E-state index is 12.2. The zero-order valence-corrected chi connectivity index (χ0v) is 17.8. The van der Waals surface area contributed by atoms with Crippen molar-refractivity contribution in [3.05, 3.63) is 50.5 Å². The number of amides is 1. The number of piperidine rings is 1. The van der Waals surface area contributed by atoms with E-state index in [1.54, 1.807) is 29.5 Å². The van der Waals surface area contributed by atoms with E-state index in [-0.39, 0.29) is 5.91 Å². The summed E-state index contributed by atoms with van der Waals surface area (Å²) < 4.78 is 0. The molecular weight excluding hydrogens is 401 g/mol. The molecule has 1 saturated heterocycles. The van der Waals surface area contributed by atoms with Crippen molar-refractivity contribution in [2.75, 3.05) is 18.4 Å². The fraction of sp³-hybridized carbons (Fsp3) is 0.400. The van der Waals surface area contributed by atoms with Gasteiger partial charge in [-0.3, -0.25) is 15.0 Å². The number of benzene rings is 1. The van der Waals surface area contributed by atoms with Crippen LogP contribution in [0.1, 0.15) is 35.9 Å². The molecule has 0 radical (unpaired) electrons. The van der Waals surface area contributed by atoms with Crippen molar-refractivity contribution < 1.29 is 4.79 Å². The molecule has 144 valence electrons. The van der Waals surface area contributed by atoms with E-state index in [4.69, 9.17) is 23.2 Å². The standard InChI is InChI=1S/C20H23Cl2N3OS/c1-13-7-9-25(10-8-13)12-18-14(2)23-20(27-18)24-19(26)6-4-15-3-5-16(21)17(22)11-15/h3-6,11,13H,7-10,12H2,1-2H3,(H,23,24,26)/b6-4+. The van der Waals surface area contributed by atoms with Crippen LogP contribution in [0.5, 0.6) is 0 Å². The molecule has 1 amide bonds. The number of rotatable bonds is 5. The molecule has 3 rings (SSSR count). The van der Waals surface area contributed by atoms with Gasteiger partial charge < -0.3 is 0 Å². The van der Waals surface area contributed by atoms with Gasteiger partial charge in [0.25, 0.3) is 0 Å². The number of likely N-dealkylation sites (tertiary alicyclic amines) is 1. The summed E-state index contributed by atoms with van der Waals surface area (Å²) in [4.78, 5) is 20.4. The van der Waals surface area contributed by atoms with Crippen LogP contribution in [-0.4, -0.2) is 28.9 Å². The molecule has 1 fully saturated rings. The lowest BCUT2D eigenvalue weighted by atomic mass is 9.99. The third-order valence-electron chi connectivity index (χ3n) is 4.74. The molecule has 1 N–H and O–H groups in total. The van der Waals surface area contributed by atoms with Crippen LogP contribution in [-0.2, 0) is 11.3 Å². The number of nitrogens with zero attached hydrogens (tertiary/aromatic N) is 2. The first kappa shape index (κ1) is 20.3. The Balaban J connectivity index is 1.58. The Hall–Kier alpha value is -1.40. The molecule has 1 aromatic carbocycles. The summed E-state index contributed by atoms with van der Waals surface area (Å²) in [5, 5.41) is 4.44. The average molecular weight is 424 g/mol. The Labute approximate surface area is 174 Å². The van der Waals surface area contributed by atoms with E-state index in [9.17, 15) is 4.79 Å². The highest BCUT2D eigenvalue weighted by molar-refractivity contribution is 7.15. The van der Waals surface area contributed by atoms with Gasteiger partial charge in [0.15, 0.2) is 5.13 Å². The van der Waals surface area contributed by atoms with Gasteiger partial charge in [-0.2, -0.15) is 0 Å². The molecule has 0 aliphatic carbocycles. The van der Waals surface area contributed by atoms with Crippen molar-refractivity contribution >= 4 is 51.7 Å². The van der Waals surface area contributed by atoms with Crippen molar-refractivity contribution in [2.45, 2.75) is 33.2 Å². The number of aryl methyl sites for hydroxylation is 1. The maximum absolute atomic E-state index is 12.2. The summed E-state index contributed by atoms with van der Waals surface area (Å²) >= 11 is 13.4. The van der Waals surface area contributed by atoms with Crippen LogP contribution in [0.15, 0.2) is 24.3 Å². The number of anilines is 1. The minimum Gasteiger partial charge on any atom is -0.298 e. The second kappa shape index (κ2) is 9.20. The van der Waals surface area contributed by atoms with Gasteiger partial charge in [-0.25, -0.2) is 4.98 Å². The third kappa shape index (κ3) is 5.79. The average Bonchev–Trinajstić information content (AvgIpc) is 2.97. The highest BCUT2D eigenvalue weighted by Gasteiger charge is 2.18. The van der Waals surface area contributed by atoms with Crippen LogP contribution in [0, 0.1) is 12.8 Å². The van der Waals surface area contributed by atoms with Gasteiger partial charge in [0.1, 0.15) is 0 Å². The molecule has 1 aliphatic heterocycles. The van der Waals surface area contributed by atoms with Crippen molar-refractivity contribution in [2.24, 2.45) is 5.92 Å². The molecular formula is C20H23Cl2N3OS. The topological polar surface area (TPSA) is 45.2 Å². The van der Waals surface area contributed by atoms with Crippen molar-refractivity contribution in [1.82, 2.24) is 9.88 Å². The van der Waals surface area contributed by atoms with Crippen molar-refractivity contribution in [1.29, 1.82) is 0 Å². The predicted octanol–water partition coefficient (Wildman–Crippen LogP) is 5.64. The minimum absolute atomic E-state index is 0.215. The summed E-state index contributed by atoms with van der Waals surface area (Å²) in [6.07, 6.45) is 5.68. The Morgan fingerprint density at radius 2 is 2.07 bits per heavy atom. The number of thiazole rings is 1. The second-order valence-corrected chi connectivity index (χ2v) is 8.88. The van der Waals surface area contributed by atoms with E-state index in [1.807, 2.05) is 13.0 Å². The molecule has 4 nitrogen and oxygen atoms in total. The van der Waals surface area contributed by atoms with Crippen LogP contribution < -0.4 is 5.32 Å². The van der Waals surface area contributed by atoms with Gasteiger partial charge in [-0.1, -0.05) is 36.2 Å². The quantitative estimate of drug-likeness (QED) is 0.632. The molecule has 2 heterocycles. The van der Waals surface area contributed by atoms with Gasteiger partial charge in [0.2, 0.25) is 5.91 Å². The number of hydrogen-bond donors (Lipinski definition) is 1. The van der Waals surface area contributed by atoms with E-state index in [0.29, 0.717) is 15.2 Å². The van der Waals surface area contributed by atoms with Crippen LogP contribution in [0.3, 0.4) is 0 Å². The molecule has 7 heteroatoms. The monoisotopic (exact) mass is 423 g/mol. The molecule has 0 saturated carbocycles. The normalized spacial score (nSPS) is 16.1. The summed E-state index contributed by atoms with van der Waals surface area (Å²) in [5.74, 6) is 0.606. The van der Waals surface area contributed by atoms with Gasteiger partial charge in [0.05, 0.1) is 15.7 Å². The molecule has 0 unspecified atom stereocenters. The summed E-state index contributed by atoms with van der Waals surface area (Å²) in [6.45, 7) is 7.48. The Bertz CT molecular complexity index is 842. The Kier molecular flexibility index (Phi) is 6.93. The fourth-order valence-corrected chi connectivity index (χ4v) is 4.30. The summed E-state index contributed by atoms with van der Waals surface area (Å²) in [5.41, 5.74) is 1.80. The third-order valence-corrected chi connectivity index (χ3v) is 6.53. The van der Waals surface area contributed by atoms with Gasteiger partial charge in [0, 0.05) is 17.5 Å². The predicted molar refractivity (Wildman–Crippen MR) is 115 cm³/mol. The number of carbonyl (C=O) groups is 1. The fourth-order valence-electron chi connectivity index (χ4n) is 2.99. The summed E-state index contributed by atoms with van der Waals surface area (Å²) in [6, 6.07) is 5.24. The molecule has 1 aliphatic rings. The highest BCUT2D eigenvalue weighted by Crippen LogP contribution is 2.26. The smallest absolute Gasteiger partial charge is 0.250 e. The lowest BCUT2D eigenvalue weighted by molar-refractivity contribution is -0.111. The van der Waals surface area contributed by atoms with E-state index in [2.05, 4.69) is 22.1 Å². The lowest BCUT2D eigenvalue weighted by Crippen LogP contribution is -2.32. The number of nitrogens with one attached hydrogen (secondary N) is 1. The number of hydrogen-bond acceptors (Lipinski definition) is 4. The SMILES string of the molecule is Cc1nc(NC(=O)/C=C/c2ccc(Cl)c(Cl)c2)sc1CN1CCC(C)CC1. The first-order valence-corrected chi connectivity index (χ1v) is 10.6. The molecule has 0 bridgehead atoms. The van der Waals surface area contributed by atoms with E-state index >= 15 is 0 Å². The molecule has 27 heavy (non-hydrogen) atoms. The largest absolute Gasteiger partial charge is 0.298 e. The molecule has 2 aromatic rings. The van der Waals surface area contributed by atoms with E-state index in [0.717, 1.165) is 36.8 Å². The zero-order valence-electron chi connectivity index (χ0n) is 15.5. The first-order chi connectivity index (χ1) is 12.9. The van der Waals surface area contributed by atoms with Gasteiger partial charge >= 0.3 is 0 Å². The highest BCUT2D eigenvalue weighted by atomic mass is 35.5. The zero-order chi connectivity index (χ0) is 19.4. The van der Waals surface area contributed by atoms with Crippen LogP contribution in [0.4, 0.5) is 5.13 Å². The number of halogens is 2. The second-order valence-electron chi connectivity index (χ2n) is 6.98. The minimum atomic E-state index is -0.215. The molecule has 0 spiro atoms. The number of carbonyl (C=O) groups excluding carboxylic acids is 1. The van der Waals surface area contributed by atoms with Crippen molar-refractivity contribution in [3.63, 3.8) is 0 Å². The van der Waals surface area contributed by atoms with Gasteiger partial charge in [-0.15, -0.1) is 11.3 Å². The molecule has 0 atom stereocenters. The Morgan fingerprint density at radius 3 is 2.78 bits per heavy atom. The first-order valence-electron chi connectivity index (χ1n) is 9.03. The van der Waals surface area contributed by atoms with Gasteiger partial charge in [-0.05, 0) is 62.5 Å². The van der Waals surface area contributed by atoms with Crippen LogP contribution >= 0.6 is 34.5 Å². The van der Waals surface area contributed by atoms with Crippen LogP contribution in [0.25, 0.3) is 6.08 Å². The molecule has 1 aromatic heterocycles. The Morgan fingerprint density at radius 1 is 1.33 bits per heavy atom. The van der Waals surface area contributed by atoms with E-state index < -0.39 is 0 Å². The summed E-state index contributed by atoms with van der Waals surface area (Å²) in [7, 11) is 0. The number of aromatic nitrogens is 1. The maximum Gasteiger partial charge on any atom is 0.250 e. The van der Waals surface area contributed by atoms with Crippen molar-refractivity contribution in [3.8, 4) is 0 Å². The van der Waals surface area contributed by atoms with Crippen LogP contribution in [0.2, 0.25) is 10.0 Å².